The Morgan fingerprint density at radius 1 is 1.00 bits per heavy atom. The van der Waals surface area contributed by atoms with Gasteiger partial charge in [0.1, 0.15) is 23.9 Å². The molecular weight excluding hydrogens is 823 g/mol. The number of nitrogens with zero attached hydrogens (tertiary/aromatic N) is 6. The summed E-state index contributed by atoms with van der Waals surface area (Å²) in [5, 5.41) is 40.6. The van der Waals surface area contributed by atoms with Gasteiger partial charge in [-0.3, -0.25) is 4.79 Å². The maximum absolute atomic E-state index is 13.7. The molecule has 64 heavy (non-hydrogen) atoms. The Balaban J connectivity index is 0.831. The Kier molecular flexibility index (Phi) is 10.6. The van der Waals surface area contributed by atoms with Crippen LogP contribution in [0.15, 0.2) is 76.4 Å². The fourth-order valence-electron chi connectivity index (χ4n) is 8.82. The number of likely N-dealkylation sites (N-methyl/N-ethyl adjacent to an activating group) is 1. The van der Waals surface area contributed by atoms with E-state index in [9.17, 15) is 34.5 Å². The number of hydrogen-bond donors (Lipinski definition) is 4. The van der Waals surface area contributed by atoms with Gasteiger partial charge in [-0.05, 0) is 84.5 Å². The van der Waals surface area contributed by atoms with Crippen molar-refractivity contribution >= 4 is 33.9 Å². The average Bonchev–Trinajstić information content (AvgIpc) is 3.98. The monoisotopic (exact) mass is 869 g/mol. The predicted octanol–water partition coefficient (Wildman–Crippen LogP) is 5.82. The van der Waals surface area contributed by atoms with Crippen molar-refractivity contribution in [1.82, 2.24) is 33.8 Å². The zero-order valence-electron chi connectivity index (χ0n) is 36.0. The number of hydrogen-bond acceptors (Lipinski definition) is 12. The Labute approximate surface area is 365 Å². The molecule has 3 aromatic carbocycles. The number of benzene rings is 3. The summed E-state index contributed by atoms with van der Waals surface area (Å²) >= 11 is 0. The minimum atomic E-state index is -1.92. The first kappa shape index (κ1) is 42.1. The number of amides is 1. The van der Waals surface area contributed by atoms with E-state index in [1.54, 1.807) is 54.9 Å². The van der Waals surface area contributed by atoms with Crippen LogP contribution in [0.4, 0.5) is 4.79 Å². The molecule has 17 nitrogen and oxygen atoms in total. The van der Waals surface area contributed by atoms with E-state index < -0.39 is 23.4 Å². The van der Waals surface area contributed by atoms with E-state index in [0.717, 1.165) is 27.4 Å². The van der Waals surface area contributed by atoms with E-state index >= 15 is 0 Å². The first-order valence-electron chi connectivity index (χ1n) is 21.2. The molecule has 1 atom stereocenters. The first-order valence-corrected chi connectivity index (χ1v) is 21.2. The smallest absolute Gasteiger partial charge is 0.415 e. The van der Waals surface area contributed by atoms with Gasteiger partial charge >= 0.3 is 17.8 Å². The molecule has 4 aromatic heterocycles. The van der Waals surface area contributed by atoms with Crippen LogP contribution in [-0.4, -0.2) is 88.0 Å². The summed E-state index contributed by atoms with van der Waals surface area (Å²) in [6.07, 6.45) is 2.03. The number of H-pyrrole nitrogens is 1. The van der Waals surface area contributed by atoms with Gasteiger partial charge in [-0.1, -0.05) is 27.7 Å². The van der Waals surface area contributed by atoms with Crippen LogP contribution in [0.5, 0.6) is 17.2 Å². The normalized spacial score (nSPS) is 15.4. The van der Waals surface area contributed by atoms with Crippen molar-refractivity contribution in [1.29, 1.82) is 0 Å². The number of aromatic amines is 1. The van der Waals surface area contributed by atoms with E-state index in [1.807, 2.05) is 49.7 Å². The highest BCUT2D eigenvalue weighted by Gasteiger charge is 2.45. The third-order valence-corrected chi connectivity index (χ3v) is 12.4. The van der Waals surface area contributed by atoms with Gasteiger partial charge in [0.2, 0.25) is 0 Å². The largest absolute Gasteiger partial charge is 0.508 e. The molecule has 7 aromatic rings. The summed E-state index contributed by atoms with van der Waals surface area (Å²) in [5.41, 5.74) is 3.76. The van der Waals surface area contributed by atoms with Crippen molar-refractivity contribution in [3.8, 4) is 45.7 Å². The molecule has 330 valence electrons. The van der Waals surface area contributed by atoms with Crippen molar-refractivity contribution in [2.75, 3.05) is 26.8 Å². The molecular formula is C47H47N7O10. The molecule has 1 amide bonds. The summed E-state index contributed by atoms with van der Waals surface area (Å²) in [4.78, 5) is 58.8. The summed E-state index contributed by atoms with van der Waals surface area (Å²) in [6.45, 7) is 9.00. The molecule has 0 aliphatic carbocycles. The number of phenols is 2. The molecule has 4 N–H and O–H groups in total. The molecule has 17 heteroatoms. The number of carbonyl (C=O) groups excluding carboxylic acids is 2. The molecule has 9 rings (SSSR count). The maximum Gasteiger partial charge on any atom is 0.415 e. The number of nitrogens with one attached hydrogen (secondary N) is 1. The highest BCUT2D eigenvalue weighted by atomic mass is 16.6. The second-order valence-corrected chi connectivity index (χ2v) is 16.5. The summed E-state index contributed by atoms with van der Waals surface area (Å²) in [7, 11) is 1.63. The van der Waals surface area contributed by atoms with Gasteiger partial charge in [-0.25, -0.2) is 29.0 Å². The Morgan fingerprint density at radius 3 is 2.58 bits per heavy atom. The third-order valence-electron chi connectivity index (χ3n) is 12.4. The van der Waals surface area contributed by atoms with Crippen LogP contribution in [0.1, 0.15) is 67.9 Å². The zero-order valence-corrected chi connectivity index (χ0v) is 36.0. The number of aryl methyl sites for hydroxylation is 1. The number of cyclic esters (lactones) is 1. The summed E-state index contributed by atoms with van der Waals surface area (Å²) < 4.78 is 21.9. The minimum Gasteiger partial charge on any atom is -0.508 e. The highest BCUT2D eigenvalue weighted by Crippen LogP contribution is 2.41. The van der Waals surface area contributed by atoms with E-state index in [2.05, 4.69) is 10.2 Å². The van der Waals surface area contributed by atoms with Crippen LogP contribution < -0.4 is 16.0 Å². The Hall–Kier alpha value is -7.24. The number of fused-ring (bicyclic) bond motifs is 6. The number of aromatic nitrogens is 6. The minimum absolute atomic E-state index is 0.0301. The highest BCUT2D eigenvalue weighted by molar-refractivity contribution is 5.90. The van der Waals surface area contributed by atoms with E-state index in [1.165, 1.54) is 15.5 Å². The molecule has 0 spiro atoms. The van der Waals surface area contributed by atoms with Crippen molar-refractivity contribution in [3.63, 3.8) is 0 Å². The van der Waals surface area contributed by atoms with Gasteiger partial charge in [0.05, 0.1) is 53.5 Å². The molecule has 0 unspecified atom stereocenters. The van der Waals surface area contributed by atoms with Crippen LogP contribution in [0.3, 0.4) is 0 Å². The maximum atomic E-state index is 13.7. The average molecular weight is 870 g/mol. The number of aliphatic hydroxyl groups is 1. The molecule has 0 fully saturated rings. The van der Waals surface area contributed by atoms with Gasteiger partial charge in [0.25, 0.3) is 5.56 Å². The van der Waals surface area contributed by atoms with E-state index in [-0.39, 0.29) is 72.7 Å². The Morgan fingerprint density at radius 2 is 1.81 bits per heavy atom. The van der Waals surface area contributed by atoms with Gasteiger partial charge in [0, 0.05) is 59.8 Å². The zero-order chi connectivity index (χ0) is 45.2. The summed E-state index contributed by atoms with van der Waals surface area (Å²) in [6, 6.07) is 17.3. The van der Waals surface area contributed by atoms with E-state index in [0.29, 0.717) is 59.0 Å². The number of esters is 1. The van der Waals surface area contributed by atoms with E-state index in [4.69, 9.17) is 19.2 Å². The van der Waals surface area contributed by atoms with Gasteiger partial charge < -0.3 is 43.6 Å². The van der Waals surface area contributed by atoms with Crippen molar-refractivity contribution in [2.24, 2.45) is 0 Å². The standard InChI is InChI=1S/C47H47N7O10/c1-6-29-31-19-28(9-10-36(31)48-41-33(29)23-53-38(41)21-35-34(43(53)57)24-63-44(58)47(35,61)7-2)64-46(60)51(5)14-16-62-17-15-52-13-12-26-18-27(8-11-37(26)52)54-42(49-50-45(54)59)32-20-30(25(3)4)39(55)22-40(32)56/h8-13,18-22,25,55-56,61H,6-7,14-17,23-24H2,1-5H3,(H,50,59)/t47-/m1/s1. The van der Waals surface area contributed by atoms with Gasteiger partial charge in [-0.15, -0.1) is 0 Å². The third kappa shape index (κ3) is 6.96. The van der Waals surface area contributed by atoms with Gasteiger partial charge in [-0.2, -0.15) is 5.10 Å². The molecule has 0 saturated heterocycles. The number of carbonyl (C=O) groups is 2. The number of ether oxygens (including phenoxy) is 3. The molecule has 0 radical (unpaired) electrons. The second kappa shape index (κ2) is 16.1. The van der Waals surface area contributed by atoms with Crippen LogP contribution in [-0.2, 0) is 46.0 Å². The van der Waals surface area contributed by atoms with Crippen LogP contribution >= 0.6 is 0 Å². The molecule has 6 heterocycles. The van der Waals surface area contributed by atoms with Crippen molar-refractivity contribution < 1.29 is 39.1 Å². The second-order valence-electron chi connectivity index (χ2n) is 16.5. The molecule has 2 aliphatic rings. The lowest BCUT2D eigenvalue weighted by Gasteiger charge is -2.31. The molecule has 2 aliphatic heterocycles. The van der Waals surface area contributed by atoms with Crippen molar-refractivity contribution in [3.05, 3.63) is 116 Å². The van der Waals surface area contributed by atoms with Gasteiger partial charge in [0.15, 0.2) is 11.4 Å². The number of pyridine rings is 2. The lowest BCUT2D eigenvalue weighted by Crippen LogP contribution is -2.44. The van der Waals surface area contributed by atoms with Crippen LogP contribution in [0.25, 0.3) is 50.3 Å². The quantitative estimate of drug-likeness (QED) is 0.0844. The number of aromatic hydroxyl groups is 2. The topological polar surface area (TPSA) is 216 Å². The molecule has 0 bridgehead atoms. The summed E-state index contributed by atoms with van der Waals surface area (Å²) in [5.74, 6) is -0.489. The van der Waals surface area contributed by atoms with Crippen LogP contribution in [0.2, 0.25) is 0 Å². The fourth-order valence-corrected chi connectivity index (χ4v) is 8.82. The lowest BCUT2D eigenvalue weighted by molar-refractivity contribution is -0.172. The van der Waals surface area contributed by atoms with Crippen LogP contribution in [0, 0.1) is 0 Å². The predicted molar refractivity (Wildman–Crippen MR) is 236 cm³/mol. The number of phenolic OH excluding ortho intramolecular Hbond substituents is 2. The number of rotatable bonds is 12. The fraction of sp³-hybridized carbons (Fsp3) is 0.319. The van der Waals surface area contributed by atoms with Crippen molar-refractivity contribution in [2.45, 2.75) is 71.8 Å². The molecule has 0 saturated carbocycles. The lowest BCUT2D eigenvalue weighted by atomic mass is 9.86. The SMILES string of the molecule is CCc1c2c(nc3ccc(OC(=O)N(C)CCOCCn4ccc5cc(-n6c(-c7cc(C(C)C)c(O)cc7O)n[nH]c6=O)ccc54)cc13)-c1cc3c(c(=O)n1C2)COC(=O)[C@@]3(O)CC. The Bertz CT molecular complexity index is 3160. The first-order chi connectivity index (χ1) is 30.7.